The van der Waals surface area contributed by atoms with Crippen LogP contribution >= 0.6 is 38.5 Å². The van der Waals surface area contributed by atoms with E-state index in [0.29, 0.717) is 34.7 Å². The number of ether oxygens (including phenoxy) is 2. The van der Waals surface area contributed by atoms with Gasteiger partial charge in [0.1, 0.15) is 12.3 Å². The molecular weight excluding hydrogens is 541 g/mol. The molecule has 6 nitrogen and oxygen atoms in total. The molecule has 2 aromatic rings. The van der Waals surface area contributed by atoms with Crippen LogP contribution in [-0.4, -0.2) is 23.6 Å². The average molecular weight is 560 g/mol. The Labute approximate surface area is 185 Å². The van der Waals surface area contributed by atoms with Gasteiger partial charge in [0.05, 0.1) is 11.1 Å². The van der Waals surface area contributed by atoms with Crippen LogP contribution in [0.15, 0.2) is 46.6 Å². The zero-order chi connectivity index (χ0) is 20.7. The van der Waals surface area contributed by atoms with E-state index < -0.39 is 11.9 Å². The molecule has 0 fully saturated rings. The fourth-order valence-electron chi connectivity index (χ4n) is 2.32. The first-order valence-electron chi connectivity index (χ1n) is 8.36. The van der Waals surface area contributed by atoms with E-state index in [0.717, 1.165) is 9.13 Å². The lowest BCUT2D eigenvalue weighted by molar-refractivity contribution is -0.134. The van der Waals surface area contributed by atoms with E-state index in [1.165, 1.54) is 13.0 Å². The highest BCUT2D eigenvalue weighted by Crippen LogP contribution is 2.38. The molecule has 0 aliphatic carbocycles. The van der Waals surface area contributed by atoms with Gasteiger partial charge in [-0.15, -0.1) is 0 Å². The van der Waals surface area contributed by atoms with Crippen LogP contribution in [-0.2, 0) is 16.2 Å². The second-order valence-electron chi connectivity index (χ2n) is 5.72. The van der Waals surface area contributed by atoms with Crippen LogP contribution in [0.1, 0.15) is 25.0 Å². The first kappa shape index (κ1) is 22.2. The normalized spacial score (nSPS) is 11.1. The van der Waals surface area contributed by atoms with Crippen molar-refractivity contribution in [3.05, 3.63) is 61.3 Å². The molecular formula is C20H19BrINO5. The maximum atomic E-state index is 11.3. The van der Waals surface area contributed by atoms with E-state index in [4.69, 9.17) is 9.47 Å². The maximum absolute atomic E-state index is 11.3. The topological polar surface area (TPSA) is 84.9 Å². The quantitative estimate of drug-likeness (QED) is 0.365. The third-order valence-corrected chi connectivity index (χ3v) is 4.79. The molecule has 1 amide bonds. The molecule has 0 radical (unpaired) electrons. The number of rotatable bonds is 8. The number of benzene rings is 2. The summed E-state index contributed by atoms with van der Waals surface area (Å²) < 4.78 is 13.4. The van der Waals surface area contributed by atoms with Gasteiger partial charge in [0.25, 0.3) is 0 Å². The fourth-order valence-corrected chi connectivity index (χ4v) is 3.25. The van der Waals surface area contributed by atoms with Gasteiger partial charge >= 0.3 is 5.97 Å². The Balaban J connectivity index is 2.33. The number of halogens is 2. The highest BCUT2D eigenvalue weighted by molar-refractivity contribution is 14.1. The summed E-state index contributed by atoms with van der Waals surface area (Å²) >= 11 is 5.70. The molecule has 2 aromatic carbocycles. The van der Waals surface area contributed by atoms with Crippen LogP contribution < -0.4 is 14.8 Å². The molecule has 0 aromatic heterocycles. The number of hydrogen-bond donors (Lipinski definition) is 2. The number of carbonyl (C=O) groups is 2. The number of carboxylic acid groups (broad SMARTS) is 1. The van der Waals surface area contributed by atoms with Gasteiger partial charge in [0.2, 0.25) is 5.91 Å². The summed E-state index contributed by atoms with van der Waals surface area (Å²) in [6, 6.07) is 11.3. The number of aliphatic carboxylic acids is 1. The number of carbonyl (C=O) groups excluding carboxylic acids is 1. The predicted molar refractivity (Wildman–Crippen MR) is 118 cm³/mol. The van der Waals surface area contributed by atoms with Crippen molar-refractivity contribution in [3.8, 4) is 11.5 Å². The van der Waals surface area contributed by atoms with Crippen molar-refractivity contribution < 1.29 is 24.2 Å². The number of carboxylic acids is 1. The molecule has 0 saturated carbocycles. The first-order chi connectivity index (χ1) is 13.3. The molecule has 0 aliphatic rings. The van der Waals surface area contributed by atoms with Crippen molar-refractivity contribution in [1.82, 2.24) is 5.32 Å². The molecule has 0 heterocycles. The Morgan fingerprint density at radius 3 is 2.46 bits per heavy atom. The van der Waals surface area contributed by atoms with Gasteiger partial charge in [0, 0.05) is 10.5 Å². The van der Waals surface area contributed by atoms with Gasteiger partial charge in [-0.3, -0.25) is 4.79 Å². The third-order valence-electron chi connectivity index (χ3n) is 3.48. The van der Waals surface area contributed by atoms with Gasteiger partial charge < -0.3 is 19.9 Å². The van der Waals surface area contributed by atoms with Crippen molar-refractivity contribution in [3.63, 3.8) is 0 Å². The van der Waals surface area contributed by atoms with Gasteiger partial charge in [-0.2, -0.15) is 0 Å². The van der Waals surface area contributed by atoms with Crippen LogP contribution in [0.3, 0.4) is 0 Å². The Morgan fingerprint density at radius 1 is 1.21 bits per heavy atom. The minimum atomic E-state index is -1.23. The predicted octanol–water partition coefficient (Wildman–Crippen LogP) is 4.59. The minimum absolute atomic E-state index is 0.227. The van der Waals surface area contributed by atoms with Gasteiger partial charge in [-0.05, 0) is 86.9 Å². The fraction of sp³-hybridized carbons (Fsp3) is 0.200. The summed E-state index contributed by atoms with van der Waals surface area (Å²) in [5, 5.41) is 11.6. The summed E-state index contributed by atoms with van der Waals surface area (Å²) in [6.45, 7) is 3.87. The summed E-state index contributed by atoms with van der Waals surface area (Å²) in [5.74, 6) is -0.700. The van der Waals surface area contributed by atoms with E-state index in [1.807, 2.05) is 31.2 Å². The van der Waals surface area contributed by atoms with E-state index in [1.54, 1.807) is 12.1 Å². The second-order valence-corrected chi connectivity index (χ2v) is 7.82. The summed E-state index contributed by atoms with van der Waals surface area (Å²) in [7, 11) is 0. The van der Waals surface area contributed by atoms with Gasteiger partial charge in [-0.25, -0.2) is 4.79 Å². The van der Waals surface area contributed by atoms with Crippen molar-refractivity contribution in [2.45, 2.75) is 20.5 Å². The first-order valence-corrected chi connectivity index (χ1v) is 10.2. The SMILES string of the molecule is CCOc1cc(C=C(NC(C)=O)C(=O)O)cc(Br)c1OCc1ccc(I)cc1. The molecule has 2 rings (SSSR count). The van der Waals surface area contributed by atoms with Crippen molar-refractivity contribution in [2.24, 2.45) is 0 Å². The van der Waals surface area contributed by atoms with E-state index in [9.17, 15) is 14.7 Å². The van der Waals surface area contributed by atoms with Gasteiger partial charge in [0.15, 0.2) is 11.5 Å². The number of hydrogen-bond acceptors (Lipinski definition) is 4. The Kier molecular flexibility index (Phi) is 8.31. The Bertz CT molecular complexity index is 896. The van der Waals surface area contributed by atoms with E-state index in [-0.39, 0.29) is 5.70 Å². The standard InChI is InChI=1S/C20H19BrINO5/c1-3-27-18-10-14(9-17(20(25)26)23-12(2)24)8-16(21)19(18)28-11-13-4-6-15(22)7-5-13/h4-10H,3,11H2,1-2H3,(H,23,24)(H,25,26). The highest BCUT2D eigenvalue weighted by Gasteiger charge is 2.14. The lowest BCUT2D eigenvalue weighted by Crippen LogP contribution is -2.24. The summed E-state index contributed by atoms with van der Waals surface area (Å²) in [6.07, 6.45) is 1.36. The van der Waals surface area contributed by atoms with Crippen LogP contribution in [0, 0.1) is 3.57 Å². The second kappa shape index (κ2) is 10.5. The van der Waals surface area contributed by atoms with Crippen LogP contribution in [0.5, 0.6) is 11.5 Å². The molecule has 0 bridgehead atoms. The van der Waals surface area contributed by atoms with Crippen molar-refractivity contribution in [1.29, 1.82) is 0 Å². The number of amides is 1. The van der Waals surface area contributed by atoms with E-state index >= 15 is 0 Å². The molecule has 0 spiro atoms. The van der Waals surface area contributed by atoms with Crippen LogP contribution in [0.25, 0.3) is 6.08 Å². The molecule has 0 unspecified atom stereocenters. The molecule has 148 valence electrons. The molecule has 28 heavy (non-hydrogen) atoms. The summed E-state index contributed by atoms with van der Waals surface area (Å²) in [4.78, 5) is 22.5. The third kappa shape index (κ3) is 6.52. The lowest BCUT2D eigenvalue weighted by atomic mass is 10.1. The van der Waals surface area contributed by atoms with Gasteiger partial charge in [-0.1, -0.05) is 12.1 Å². The minimum Gasteiger partial charge on any atom is -0.490 e. The molecule has 0 aliphatic heterocycles. The molecule has 8 heteroatoms. The molecule has 2 N–H and O–H groups in total. The van der Waals surface area contributed by atoms with Crippen molar-refractivity contribution in [2.75, 3.05) is 6.61 Å². The molecule has 0 atom stereocenters. The zero-order valence-electron chi connectivity index (χ0n) is 15.3. The average Bonchev–Trinajstić information content (AvgIpc) is 2.62. The summed E-state index contributed by atoms with van der Waals surface area (Å²) in [5.41, 5.74) is 1.33. The smallest absolute Gasteiger partial charge is 0.352 e. The Morgan fingerprint density at radius 2 is 1.89 bits per heavy atom. The molecule has 0 saturated heterocycles. The number of nitrogens with one attached hydrogen (secondary N) is 1. The largest absolute Gasteiger partial charge is 0.490 e. The Hall–Kier alpha value is -2.07. The lowest BCUT2D eigenvalue weighted by Gasteiger charge is -2.15. The van der Waals surface area contributed by atoms with Crippen LogP contribution in [0.2, 0.25) is 0 Å². The highest BCUT2D eigenvalue weighted by atomic mass is 127. The zero-order valence-corrected chi connectivity index (χ0v) is 19.0. The monoisotopic (exact) mass is 559 g/mol. The van der Waals surface area contributed by atoms with Crippen molar-refractivity contribution >= 4 is 56.5 Å². The van der Waals surface area contributed by atoms with E-state index in [2.05, 4.69) is 43.8 Å². The van der Waals surface area contributed by atoms with Crippen LogP contribution in [0.4, 0.5) is 0 Å². The maximum Gasteiger partial charge on any atom is 0.352 e.